The number of hydroxylamine groups is 2. The lowest BCUT2D eigenvalue weighted by molar-refractivity contribution is -0.203. The average molecular weight is 344 g/mol. The van der Waals surface area contributed by atoms with Crippen LogP contribution in [0.3, 0.4) is 0 Å². The fraction of sp³-hybridized carbons (Fsp3) is 0.364. The van der Waals surface area contributed by atoms with E-state index in [2.05, 4.69) is 20.8 Å². The number of halogens is 5. The molecular formula is C11H10BrF4NO2. The fourth-order valence-electron chi connectivity index (χ4n) is 1.31. The quantitative estimate of drug-likeness (QED) is 0.620. The van der Waals surface area contributed by atoms with Crippen molar-refractivity contribution in [3.8, 4) is 0 Å². The molecule has 106 valence electrons. The second-order valence-electron chi connectivity index (χ2n) is 3.64. The lowest BCUT2D eigenvalue weighted by atomic mass is 10.0. The minimum atomic E-state index is -4.37. The van der Waals surface area contributed by atoms with E-state index in [1.54, 1.807) is 0 Å². The highest BCUT2D eigenvalue weighted by atomic mass is 79.9. The Morgan fingerprint density at radius 3 is 2.58 bits per heavy atom. The summed E-state index contributed by atoms with van der Waals surface area (Å²) in [5, 5.41) is 0.208. The Kier molecular flexibility index (Phi) is 4.92. The van der Waals surface area contributed by atoms with Gasteiger partial charge in [-0.1, -0.05) is 15.9 Å². The Morgan fingerprint density at radius 1 is 1.47 bits per heavy atom. The van der Waals surface area contributed by atoms with E-state index >= 15 is 0 Å². The minimum absolute atomic E-state index is 0.0612. The molecule has 1 rings (SSSR count). The first-order valence-corrected chi connectivity index (χ1v) is 5.80. The summed E-state index contributed by atoms with van der Waals surface area (Å²) in [6.45, 7) is 0. The van der Waals surface area contributed by atoms with Crippen LogP contribution < -0.4 is 0 Å². The average Bonchev–Trinajstić information content (AvgIpc) is 2.38. The molecule has 0 aliphatic rings. The van der Waals surface area contributed by atoms with Gasteiger partial charge in [0.15, 0.2) is 6.17 Å². The van der Waals surface area contributed by atoms with Crippen molar-refractivity contribution in [2.45, 2.75) is 12.1 Å². The normalized spacial score (nSPS) is 13.2. The summed E-state index contributed by atoms with van der Waals surface area (Å²) < 4.78 is 54.1. The molecule has 1 aromatic rings. The third-order valence-corrected chi connectivity index (χ3v) is 3.12. The van der Waals surface area contributed by atoms with Crippen molar-refractivity contribution in [1.82, 2.24) is 5.06 Å². The zero-order valence-corrected chi connectivity index (χ0v) is 11.5. The van der Waals surface area contributed by atoms with Gasteiger partial charge in [0.05, 0.1) is 7.11 Å². The van der Waals surface area contributed by atoms with E-state index < -0.39 is 29.4 Å². The molecular weight excluding hydrogens is 334 g/mol. The first kappa shape index (κ1) is 15.9. The van der Waals surface area contributed by atoms with Crippen LogP contribution in [-0.4, -0.2) is 31.1 Å². The molecule has 0 radical (unpaired) electrons. The van der Waals surface area contributed by atoms with E-state index in [1.165, 1.54) is 0 Å². The molecule has 0 fully saturated rings. The van der Waals surface area contributed by atoms with Crippen LogP contribution in [-0.2, 0) is 9.63 Å². The molecule has 1 unspecified atom stereocenters. The summed E-state index contributed by atoms with van der Waals surface area (Å²) in [5.74, 6) is -7.12. The number of nitrogens with zero attached hydrogens (tertiary/aromatic N) is 1. The molecule has 0 heterocycles. The SMILES string of the molecule is CON(C)C(=O)C(F)(F)C(F)c1cc(F)ccc1Br. The predicted molar refractivity (Wildman–Crippen MR) is 62.7 cm³/mol. The van der Waals surface area contributed by atoms with E-state index in [0.29, 0.717) is 6.07 Å². The fourth-order valence-corrected chi connectivity index (χ4v) is 1.75. The number of carbonyl (C=O) groups excluding carboxylic acids is 1. The maximum Gasteiger partial charge on any atom is 0.361 e. The maximum atomic E-state index is 13.9. The van der Waals surface area contributed by atoms with Gasteiger partial charge in [-0.05, 0) is 18.2 Å². The van der Waals surface area contributed by atoms with Gasteiger partial charge in [-0.3, -0.25) is 9.63 Å². The maximum absolute atomic E-state index is 13.9. The third-order valence-electron chi connectivity index (χ3n) is 2.39. The number of hydrogen-bond acceptors (Lipinski definition) is 2. The molecule has 0 saturated carbocycles. The molecule has 0 aliphatic carbocycles. The number of benzene rings is 1. The molecule has 3 nitrogen and oxygen atoms in total. The van der Waals surface area contributed by atoms with Crippen LogP contribution in [0.2, 0.25) is 0 Å². The predicted octanol–water partition coefficient (Wildman–Crippen LogP) is 3.25. The van der Waals surface area contributed by atoms with Gasteiger partial charge in [-0.25, -0.2) is 13.8 Å². The minimum Gasteiger partial charge on any atom is -0.274 e. The first-order valence-electron chi connectivity index (χ1n) is 5.01. The second-order valence-corrected chi connectivity index (χ2v) is 4.49. The Labute approximate surface area is 115 Å². The lowest BCUT2D eigenvalue weighted by Gasteiger charge is -2.24. The molecule has 0 saturated heterocycles. The van der Waals surface area contributed by atoms with Gasteiger partial charge in [0, 0.05) is 17.1 Å². The van der Waals surface area contributed by atoms with Gasteiger partial charge in [0.2, 0.25) is 0 Å². The number of rotatable bonds is 4. The first-order chi connectivity index (χ1) is 8.71. The van der Waals surface area contributed by atoms with Crippen LogP contribution in [0.25, 0.3) is 0 Å². The zero-order valence-electron chi connectivity index (χ0n) is 9.96. The van der Waals surface area contributed by atoms with Crippen LogP contribution in [0.1, 0.15) is 11.7 Å². The highest BCUT2D eigenvalue weighted by Gasteiger charge is 2.51. The molecule has 0 N–H and O–H groups in total. The van der Waals surface area contributed by atoms with Gasteiger partial charge in [-0.15, -0.1) is 0 Å². The van der Waals surface area contributed by atoms with Crippen molar-refractivity contribution in [2.24, 2.45) is 0 Å². The monoisotopic (exact) mass is 343 g/mol. The van der Waals surface area contributed by atoms with Crippen molar-refractivity contribution in [3.05, 3.63) is 34.1 Å². The molecule has 0 aliphatic heterocycles. The number of amides is 1. The molecule has 1 amide bonds. The summed E-state index contributed by atoms with van der Waals surface area (Å²) in [6, 6.07) is 2.65. The molecule has 0 aromatic heterocycles. The van der Waals surface area contributed by atoms with E-state index in [0.717, 1.165) is 26.3 Å². The van der Waals surface area contributed by atoms with E-state index in [4.69, 9.17) is 0 Å². The van der Waals surface area contributed by atoms with Gasteiger partial charge in [0.25, 0.3) is 0 Å². The smallest absolute Gasteiger partial charge is 0.274 e. The Hall–Kier alpha value is -1.15. The molecule has 8 heteroatoms. The van der Waals surface area contributed by atoms with E-state index in [9.17, 15) is 22.4 Å². The third kappa shape index (κ3) is 3.24. The number of carbonyl (C=O) groups is 1. The highest BCUT2D eigenvalue weighted by Crippen LogP contribution is 2.39. The van der Waals surface area contributed by atoms with Crippen LogP contribution in [0.5, 0.6) is 0 Å². The molecule has 19 heavy (non-hydrogen) atoms. The summed E-state index contributed by atoms with van der Waals surface area (Å²) >= 11 is 2.83. The Balaban J connectivity index is 3.13. The van der Waals surface area contributed by atoms with Crippen molar-refractivity contribution >= 4 is 21.8 Å². The molecule has 1 aromatic carbocycles. The molecule has 0 spiro atoms. The van der Waals surface area contributed by atoms with Gasteiger partial charge in [-0.2, -0.15) is 8.78 Å². The standard InChI is InChI=1S/C11H10BrF4NO2/c1-17(19-2)10(18)11(15,16)9(14)7-5-6(13)3-4-8(7)12/h3-5,9H,1-2H3. The van der Waals surface area contributed by atoms with Crippen LogP contribution in [0, 0.1) is 5.82 Å². The molecule has 0 bridgehead atoms. The van der Waals surface area contributed by atoms with E-state index in [-0.39, 0.29) is 9.54 Å². The van der Waals surface area contributed by atoms with Crippen LogP contribution in [0.15, 0.2) is 22.7 Å². The van der Waals surface area contributed by atoms with Gasteiger partial charge in [0.1, 0.15) is 5.82 Å². The van der Waals surface area contributed by atoms with Crippen molar-refractivity contribution < 1.29 is 27.2 Å². The summed E-state index contributed by atoms with van der Waals surface area (Å²) in [4.78, 5) is 15.6. The van der Waals surface area contributed by atoms with Gasteiger partial charge >= 0.3 is 11.8 Å². The van der Waals surface area contributed by atoms with E-state index in [1.807, 2.05) is 0 Å². The summed E-state index contributed by atoms with van der Waals surface area (Å²) in [7, 11) is 1.91. The summed E-state index contributed by atoms with van der Waals surface area (Å²) in [6.07, 6.45) is -3.00. The number of alkyl halides is 3. The second kappa shape index (κ2) is 5.87. The highest BCUT2D eigenvalue weighted by molar-refractivity contribution is 9.10. The van der Waals surface area contributed by atoms with Gasteiger partial charge < -0.3 is 0 Å². The Bertz CT molecular complexity index is 484. The zero-order chi connectivity index (χ0) is 14.8. The topological polar surface area (TPSA) is 29.5 Å². The van der Waals surface area contributed by atoms with Crippen molar-refractivity contribution in [1.29, 1.82) is 0 Å². The van der Waals surface area contributed by atoms with Crippen LogP contribution >= 0.6 is 15.9 Å². The number of hydrogen-bond donors (Lipinski definition) is 0. The van der Waals surface area contributed by atoms with Crippen molar-refractivity contribution in [2.75, 3.05) is 14.2 Å². The largest absolute Gasteiger partial charge is 0.361 e. The van der Waals surface area contributed by atoms with Crippen molar-refractivity contribution in [3.63, 3.8) is 0 Å². The lowest BCUT2D eigenvalue weighted by Crippen LogP contribution is -2.43. The Morgan fingerprint density at radius 2 is 2.05 bits per heavy atom. The molecule has 1 atom stereocenters. The summed E-state index contributed by atoms with van der Waals surface area (Å²) in [5.41, 5.74) is -0.650. The van der Waals surface area contributed by atoms with Crippen LogP contribution in [0.4, 0.5) is 17.6 Å².